The number of benzene rings is 2. The van der Waals surface area contributed by atoms with E-state index in [1.807, 2.05) is 0 Å². The van der Waals surface area contributed by atoms with Crippen LogP contribution in [0.25, 0.3) is 11.1 Å². The summed E-state index contributed by atoms with van der Waals surface area (Å²) in [5, 5.41) is 9.04. The highest BCUT2D eigenvalue weighted by molar-refractivity contribution is 5.96. The third-order valence-electron chi connectivity index (χ3n) is 2.69. The van der Waals surface area contributed by atoms with Gasteiger partial charge in [0.15, 0.2) is 0 Å². The zero-order chi connectivity index (χ0) is 13.3. The number of halogens is 2. The van der Waals surface area contributed by atoms with Gasteiger partial charge in [-0.1, -0.05) is 18.2 Å². The Bertz CT molecular complexity index is 621. The lowest BCUT2D eigenvalue weighted by atomic mass is 9.97. The topological polar surface area (TPSA) is 37.3 Å². The van der Waals surface area contributed by atoms with Crippen LogP contribution < -0.4 is 0 Å². The SMILES string of the molecule is Cc1cc(-c2ccccc2F)c(C(=O)O)cc1F. The number of carbonyl (C=O) groups is 1. The second-order valence-electron chi connectivity index (χ2n) is 3.93. The van der Waals surface area contributed by atoms with E-state index in [0.29, 0.717) is 0 Å². The van der Waals surface area contributed by atoms with Crippen LogP contribution in [0.2, 0.25) is 0 Å². The Morgan fingerprint density at radius 1 is 1.06 bits per heavy atom. The second kappa shape index (κ2) is 4.56. The van der Waals surface area contributed by atoms with Crippen molar-refractivity contribution in [3.8, 4) is 11.1 Å². The first-order valence-corrected chi connectivity index (χ1v) is 5.29. The van der Waals surface area contributed by atoms with Crippen LogP contribution in [0, 0.1) is 18.6 Å². The van der Waals surface area contributed by atoms with Gasteiger partial charge in [0.05, 0.1) is 5.56 Å². The molecule has 0 amide bonds. The van der Waals surface area contributed by atoms with Crippen molar-refractivity contribution in [2.75, 3.05) is 0 Å². The molecule has 2 aromatic rings. The molecule has 0 aromatic heterocycles. The number of aryl methyl sites for hydroxylation is 1. The minimum atomic E-state index is -1.29. The van der Waals surface area contributed by atoms with Gasteiger partial charge in [0, 0.05) is 5.56 Å². The smallest absolute Gasteiger partial charge is 0.336 e. The van der Waals surface area contributed by atoms with Crippen molar-refractivity contribution < 1.29 is 18.7 Å². The normalized spacial score (nSPS) is 10.4. The fraction of sp³-hybridized carbons (Fsp3) is 0.0714. The summed E-state index contributed by atoms with van der Waals surface area (Å²) in [6, 6.07) is 8.07. The summed E-state index contributed by atoms with van der Waals surface area (Å²) in [6.07, 6.45) is 0. The third kappa shape index (κ3) is 2.09. The standard InChI is InChI=1S/C14H10F2O2/c1-8-6-10(9-4-2-3-5-12(9)15)11(14(17)18)7-13(8)16/h2-7H,1H3,(H,17,18). The monoisotopic (exact) mass is 248 g/mol. The summed E-state index contributed by atoms with van der Waals surface area (Å²) < 4.78 is 27.0. The van der Waals surface area contributed by atoms with Crippen molar-refractivity contribution >= 4 is 5.97 Å². The van der Waals surface area contributed by atoms with Crippen LogP contribution in [-0.2, 0) is 0 Å². The second-order valence-corrected chi connectivity index (χ2v) is 3.93. The lowest BCUT2D eigenvalue weighted by Gasteiger charge is -2.09. The third-order valence-corrected chi connectivity index (χ3v) is 2.69. The number of hydrogen-bond acceptors (Lipinski definition) is 1. The molecular formula is C14H10F2O2. The molecule has 0 unspecified atom stereocenters. The maximum absolute atomic E-state index is 13.7. The van der Waals surface area contributed by atoms with E-state index in [0.717, 1.165) is 6.07 Å². The van der Waals surface area contributed by atoms with Gasteiger partial charge in [0.2, 0.25) is 0 Å². The van der Waals surface area contributed by atoms with Crippen molar-refractivity contribution in [3.63, 3.8) is 0 Å². The van der Waals surface area contributed by atoms with E-state index in [-0.39, 0.29) is 22.3 Å². The van der Waals surface area contributed by atoms with Gasteiger partial charge in [0.25, 0.3) is 0 Å². The Kier molecular flexibility index (Phi) is 3.10. The fourth-order valence-corrected chi connectivity index (χ4v) is 1.76. The Morgan fingerprint density at radius 3 is 2.33 bits per heavy atom. The number of rotatable bonds is 2. The molecule has 0 bridgehead atoms. The van der Waals surface area contributed by atoms with E-state index in [9.17, 15) is 13.6 Å². The fourth-order valence-electron chi connectivity index (χ4n) is 1.76. The minimum Gasteiger partial charge on any atom is -0.478 e. The quantitative estimate of drug-likeness (QED) is 0.880. The van der Waals surface area contributed by atoms with Gasteiger partial charge in [-0.2, -0.15) is 0 Å². The molecular weight excluding hydrogens is 238 g/mol. The van der Waals surface area contributed by atoms with Crippen LogP contribution in [0.5, 0.6) is 0 Å². The molecule has 2 nitrogen and oxygen atoms in total. The van der Waals surface area contributed by atoms with E-state index < -0.39 is 17.6 Å². The lowest BCUT2D eigenvalue weighted by Crippen LogP contribution is -2.02. The molecule has 0 aliphatic rings. The molecule has 4 heteroatoms. The molecule has 0 saturated heterocycles. The highest BCUT2D eigenvalue weighted by Crippen LogP contribution is 2.28. The molecule has 0 aliphatic heterocycles. The van der Waals surface area contributed by atoms with Gasteiger partial charge in [-0.3, -0.25) is 0 Å². The summed E-state index contributed by atoms with van der Waals surface area (Å²) in [4.78, 5) is 11.1. The summed E-state index contributed by atoms with van der Waals surface area (Å²) in [7, 11) is 0. The molecule has 0 heterocycles. The number of carboxylic acids is 1. The van der Waals surface area contributed by atoms with Crippen LogP contribution in [0.15, 0.2) is 36.4 Å². The van der Waals surface area contributed by atoms with E-state index in [4.69, 9.17) is 5.11 Å². The van der Waals surface area contributed by atoms with Crippen LogP contribution in [0.3, 0.4) is 0 Å². The first-order chi connectivity index (χ1) is 8.50. The van der Waals surface area contributed by atoms with Gasteiger partial charge in [-0.05, 0) is 36.2 Å². The first kappa shape index (κ1) is 12.2. The van der Waals surface area contributed by atoms with Crippen LogP contribution in [0.1, 0.15) is 15.9 Å². The highest BCUT2D eigenvalue weighted by Gasteiger charge is 2.16. The summed E-state index contributed by atoms with van der Waals surface area (Å²) >= 11 is 0. The molecule has 0 atom stereocenters. The molecule has 0 aliphatic carbocycles. The Hall–Kier alpha value is -2.23. The van der Waals surface area contributed by atoms with E-state index in [2.05, 4.69) is 0 Å². The maximum Gasteiger partial charge on any atom is 0.336 e. The average Bonchev–Trinajstić information content (AvgIpc) is 2.32. The number of carboxylic acid groups (broad SMARTS) is 1. The van der Waals surface area contributed by atoms with Crippen molar-refractivity contribution in [1.82, 2.24) is 0 Å². The van der Waals surface area contributed by atoms with Crippen molar-refractivity contribution in [2.45, 2.75) is 6.92 Å². The molecule has 0 fully saturated rings. The van der Waals surface area contributed by atoms with Gasteiger partial charge < -0.3 is 5.11 Å². The molecule has 2 aromatic carbocycles. The molecule has 0 spiro atoms. The molecule has 0 radical (unpaired) electrons. The largest absolute Gasteiger partial charge is 0.478 e. The molecule has 0 saturated carbocycles. The zero-order valence-corrected chi connectivity index (χ0v) is 9.58. The van der Waals surface area contributed by atoms with Crippen LogP contribution in [0.4, 0.5) is 8.78 Å². The Labute approximate surface area is 103 Å². The van der Waals surface area contributed by atoms with Crippen molar-refractivity contribution in [2.24, 2.45) is 0 Å². The van der Waals surface area contributed by atoms with Gasteiger partial charge >= 0.3 is 5.97 Å². The summed E-state index contributed by atoms with van der Waals surface area (Å²) in [5.74, 6) is -2.44. The molecule has 18 heavy (non-hydrogen) atoms. The van der Waals surface area contributed by atoms with Crippen LogP contribution in [-0.4, -0.2) is 11.1 Å². The zero-order valence-electron chi connectivity index (χ0n) is 9.58. The first-order valence-electron chi connectivity index (χ1n) is 5.29. The van der Waals surface area contributed by atoms with Gasteiger partial charge in [-0.15, -0.1) is 0 Å². The summed E-state index contributed by atoms with van der Waals surface area (Å²) in [6.45, 7) is 1.51. The van der Waals surface area contributed by atoms with E-state index in [1.54, 1.807) is 6.07 Å². The predicted molar refractivity (Wildman–Crippen MR) is 63.5 cm³/mol. The maximum atomic E-state index is 13.7. The Morgan fingerprint density at radius 2 is 1.72 bits per heavy atom. The predicted octanol–water partition coefficient (Wildman–Crippen LogP) is 3.64. The molecule has 92 valence electrons. The van der Waals surface area contributed by atoms with Gasteiger partial charge in [0.1, 0.15) is 11.6 Å². The van der Waals surface area contributed by atoms with E-state index in [1.165, 1.54) is 31.2 Å². The highest BCUT2D eigenvalue weighted by atomic mass is 19.1. The van der Waals surface area contributed by atoms with Crippen molar-refractivity contribution in [3.05, 3.63) is 59.2 Å². The number of hydrogen-bond donors (Lipinski definition) is 1. The van der Waals surface area contributed by atoms with Gasteiger partial charge in [-0.25, -0.2) is 13.6 Å². The molecule has 2 rings (SSSR count). The average molecular weight is 248 g/mol. The van der Waals surface area contributed by atoms with Crippen LogP contribution >= 0.6 is 0 Å². The number of aromatic carboxylic acids is 1. The minimum absolute atomic E-state index is 0.151. The molecule has 1 N–H and O–H groups in total. The Balaban J connectivity index is 2.74. The summed E-state index contributed by atoms with van der Waals surface area (Å²) in [5.41, 5.74) is 0.360. The lowest BCUT2D eigenvalue weighted by molar-refractivity contribution is 0.0697. The van der Waals surface area contributed by atoms with Crippen molar-refractivity contribution in [1.29, 1.82) is 0 Å². The van der Waals surface area contributed by atoms with E-state index >= 15 is 0 Å².